The Morgan fingerprint density at radius 2 is 1.63 bits per heavy atom. The molecule has 0 saturated heterocycles. The first-order chi connectivity index (χ1) is 24.2. The van der Waals surface area contributed by atoms with Crippen LogP contribution in [0.5, 0.6) is 11.5 Å². The molecule has 0 radical (unpaired) electrons. The first kappa shape index (κ1) is 38.7. The quantitative estimate of drug-likeness (QED) is 0.106. The minimum absolute atomic E-state index is 0.0762. The monoisotopic (exact) mass is 736 g/mol. The van der Waals surface area contributed by atoms with E-state index in [2.05, 4.69) is 5.32 Å². The van der Waals surface area contributed by atoms with Crippen molar-refractivity contribution < 1.29 is 32.4 Å². The SMILES string of the molecule is COc1cccc(CN(C(=O)CN(c2cc(Cl)ccc2OC)S(=O)(=O)c2ccc(C)c([N+](=O)[O-])c2)[C@H](Cc2ccccc2)C(=O)NCC(C)C)c1. The van der Waals surface area contributed by atoms with Crippen LogP contribution in [0.4, 0.5) is 11.4 Å². The third-order valence-electron chi connectivity index (χ3n) is 8.10. The maximum absolute atomic E-state index is 14.8. The van der Waals surface area contributed by atoms with Crippen molar-refractivity contribution in [3.63, 3.8) is 0 Å². The Kier molecular flexibility index (Phi) is 13.0. The number of sulfonamides is 1. The van der Waals surface area contributed by atoms with Gasteiger partial charge >= 0.3 is 0 Å². The van der Waals surface area contributed by atoms with Crippen LogP contribution in [0.15, 0.2) is 95.9 Å². The summed E-state index contributed by atoms with van der Waals surface area (Å²) in [5.41, 5.74) is 1.17. The lowest BCUT2D eigenvalue weighted by molar-refractivity contribution is -0.385. The third kappa shape index (κ3) is 9.77. The second-order valence-corrected chi connectivity index (χ2v) is 14.5. The highest BCUT2D eigenvalue weighted by atomic mass is 35.5. The number of aryl methyl sites for hydroxylation is 1. The van der Waals surface area contributed by atoms with Crippen LogP contribution in [0.2, 0.25) is 5.02 Å². The van der Waals surface area contributed by atoms with E-state index in [1.165, 1.54) is 56.4 Å². The number of rotatable bonds is 16. The summed E-state index contributed by atoms with van der Waals surface area (Å²) in [4.78, 5) is 40.8. The summed E-state index contributed by atoms with van der Waals surface area (Å²) >= 11 is 6.35. The zero-order valence-corrected chi connectivity index (χ0v) is 30.6. The van der Waals surface area contributed by atoms with Crippen molar-refractivity contribution in [3.8, 4) is 11.5 Å². The number of nitrogens with zero attached hydrogens (tertiary/aromatic N) is 3. The van der Waals surface area contributed by atoms with Gasteiger partial charge in [-0.3, -0.25) is 24.0 Å². The van der Waals surface area contributed by atoms with Gasteiger partial charge in [-0.2, -0.15) is 0 Å². The first-order valence-electron chi connectivity index (χ1n) is 16.1. The molecule has 51 heavy (non-hydrogen) atoms. The van der Waals surface area contributed by atoms with E-state index >= 15 is 0 Å². The molecule has 0 spiro atoms. The summed E-state index contributed by atoms with van der Waals surface area (Å²) in [5, 5.41) is 14.9. The highest BCUT2D eigenvalue weighted by molar-refractivity contribution is 7.92. The molecule has 4 aromatic rings. The molecular weight excluding hydrogens is 696 g/mol. The molecule has 1 N–H and O–H groups in total. The van der Waals surface area contributed by atoms with E-state index in [-0.39, 0.29) is 40.9 Å². The summed E-state index contributed by atoms with van der Waals surface area (Å²) < 4.78 is 40.7. The lowest BCUT2D eigenvalue weighted by Gasteiger charge is -2.34. The van der Waals surface area contributed by atoms with E-state index in [0.717, 1.165) is 15.9 Å². The van der Waals surface area contributed by atoms with Gasteiger partial charge < -0.3 is 19.7 Å². The highest BCUT2D eigenvalue weighted by Gasteiger charge is 2.36. The maximum Gasteiger partial charge on any atom is 0.273 e. The van der Waals surface area contributed by atoms with Crippen LogP contribution < -0.4 is 19.1 Å². The molecule has 0 saturated carbocycles. The minimum Gasteiger partial charge on any atom is -0.497 e. The third-order valence-corrected chi connectivity index (χ3v) is 10.1. The van der Waals surface area contributed by atoms with Gasteiger partial charge in [-0.25, -0.2) is 8.42 Å². The summed E-state index contributed by atoms with van der Waals surface area (Å²) in [6.45, 7) is 4.83. The Morgan fingerprint density at radius 1 is 0.922 bits per heavy atom. The summed E-state index contributed by atoms with van der Waals surface area (Å²) in [7, 11) is -1.85. The number of carbonyl (C=O) groups excluding carboxylic acids is 2. The highest BCUT2D eigenvalue weighted by Crippen LogP contribution is 2.36. The average Bonchev–Trinajstić information content (AvgIpc) is 3.11. The molecule has 0 aromatic heterocycles. The molecule has 0 aliphatic rings. The Bertz CT molecular complexity index is 1970. The van der Waals surface area contributed by atoms with Gasteiger partial charge in [0.1, 0.15) is 24.1 Å². The molecular formula is C37H41ClN4O8S. The maximum atomic E-state index is 14.8. The number of amides is 2. The van der Waals surface area contributed by atoms with Gasteiger partial charge in [0, 0.05) is 36.2 Å². The Hall–Kier alpha value is -5.14. The molecule has 270 valence electrons. The summed E-state index contributed by atoms with van der Waals surface area (Å²) in [6, 6.07) is 22.9. The molecule has 0 fully saturated rings. The molecule has 0 unspecified atom stereocenters. The van der Waals surface area contributed by atoms with E-state index in [0.29, 0.717) is 17.9 Å². The molecule has 2 amide bonds. The molecule has 0 aliphatic carbocycles. The number of methoxy groups -OCH3 is 2. The van der Waals surface area contributed by atoms with Crippen molar-refractivity contribution in [2.75, 3.05) is 31.6 Å². The summed E-state index contributed by atoms with van der Waals surface area (Å²) in [5.74, 6) is -0.438. The van der Waals surface area contributed by atoms with Crippen molar-refractivity contribution >= 4 is 44.8 Å². The molecule has 12 nitrogen and oxygen atoms in total. The smallest absolute Gasteiger partial charge is 0.273 e. The topological polar surface area (TPSA) is 148 Å². The Labute approximate surface area is 303 Å². The van der Waals surface area contributed by atoms with Crippen LogP contribution in [0.3, 0.4) is 0 Å². The number of nitro benzene ring substituents is 1. The Morgan fingerprint density at radius 3 is 2.27 bits per heavy atom. The number of benzene rings is 4. The first-order valence-corrected chi connectivity index (χ1v) is 17.9. The Balaban J connectivity index is 1.90. The van der Waals surface area contributed by atoms with Gasteiger partial charge in [0.2, 0.25) is 11.8 Å². The predicted molar refractivity (Wildman–Crippen MR) is 196 cm³/mol. The zero-order valence-electron chi connectivity index (χ0n) is 29.0. The van der Waals surface area contributed by atoms with Crippen molar-refractivity contribution in [2.45, 2.75) is 44.7 Å². The molecule has 0 aliphatic heterocycles. The number of hydrogen-bond acceptors (Lipinski definition) is 8. The van der Waals surface area contributed by atoms with Gasteiger partial charge in [-0.15, -0.1) is 0 Å². The second kappa shape index (κ2) is 17.2. The van der Waals surface area contributed by atoms with Crippen molar-refractivity contribution in [3.05, 3.63) is 123 Å². The van der Waals surface area contributed by atoms with Gasteiger partial charge in [0.15, 0.2) is 0 Å². The van der Waals surface area contributed by atoms with Crippen LogP contribution >= 0.6 is 11.6 Å². The lowest BCUT2D eigenvalue weighted by atomic mass is 10.0. The van der Waals surface area contributed by atoms with E-state index in [1.807, 2.05) is 44.2 Å². The van der Waals surface area contributed by atoms with Gasteiger partial charge in [0.25, 0.3) is 15.7 Å². The van der Waals surface area contributed by atoms with Gasteiger partial charge in [0.05, 0.1) is 29.7 Å². The summed E-state index contributed by atoms with van der Waals surface area (Å²) in [6.07, 6.45) is 0.123. The number of nitro groups is 1. The van der Waals surface area contributed by atoms with Crippen molar-refractivity contribution in [1.29, 1.82) is 0 Å². The van der Waals surface area contributed by atoms with Gasteiger partial charge in [-0.1, -0.05) is 74.0 Å². The largest absolute Gasteiger partial charge is 0.497 e. The number of anilines is 1. The second-order valence-electron chi connectivity index (χ2n) is 12.3. The van der Waals surface area contributed by atoms with Crippen LogP contribution in [-0.2, 0) is 32.6 Å². The van der Waals surface area contributed by atoms with Crippen LogP contribution in [-0.4, -0.2) is 63.4 Å². The predicted octanol–water partition coefficient (Wildman–Crippen LogP) is 6.18. The van der Waals surface area contributed by atoms with Crippen LogP contribution in [0.25, 0.3) is 0 Å². The fourth-order valence-corrected chi connectivity index (χ4v) is 6.99. The van der Waals surface area contributed by atoms with E-state index in [4.69, 9.17) is 21.1 Å². The van der Waals surface area contributed by atoms with Gasteiger partial charge in [-0.05, 0) is 60.4 Å². The van der Waals surface area contributed by atoms with Crippen LogP contribution in [0.1, 0.15) is 30.5 Å². The molecule has 0 bridgehead atoms. The zero-order chi connectivity index (χ0) is 37.3. The standard InChI is InChI=1S/C37H41ClN4O8S/c1-25(2)22-39-37(44)34(19-27-10-7-6-8-11-27)40(23-28-12-9-13-30(18-28)49-4)36(43)24-41(33-20-29(38)15-17-35(33)50-5)51(47,48)31-16-14-26(3)32(21-31)42(45)46/h6-18,20-21,25,34H,19,22-24H2,1-5H3,(H,39,44)/t34-/m1/s1. The molecule has 1 atom stereocenters. The lowest BCUT2D eigenvalue weighted by Crippen LogP contribution is -2.53. The van der Waals surface area contributed by atoms with Crippen molar-refractivity contribution in [2.24, 2.45) is 5.92 Å². The van der Waals surface area contributed by atoms with E-state index in [9.17, 15) is 28.1 Å². The number of carbonyl (C=O) groups is 2. The van der Waals surface area contributed by atoms with Crippen molar-refractivity contribution in [1.82, 2.24) is 10.2 Å². The average molecular weight is 737 g/mol. The minimum atomic E-state index is -4.69. The number of nitrogens with one attached hydrogen (secondary N) is 1. The molecule has 4 rings (SSSR count). The number of ether oxygens (including phenoxy) is 2. The molecule has 0 heterocycles. The fourth-order valence-electron chi connectivity index (χ4n) is 5.39. The molecule has 14 heteroatoms. The number of halogens is 1. The fraction of sp³-hybridized carbons (Fsp3) is 0.297. The van der Waals surface area contributed by atoms with E-state index < -0.39 is 49.9 Å². The molecule has 4 aromatic carbocycles. The normalized spacial score (nSPS) is 11.8. The van der Waals surface area contributed by atoms with Crippen LogP contribution in [0, 0.1) is 23.0 Å². The number of hydrogen-bond donors (Lipinski definition) is 1. The van der Waals surface area contributed by atoms with E-state index in [1.54, 1.807) is 24.3 Å².